The molecule has 0 spiro atoms. The smallest absolute Gasteiger partial charge is 0.394 e. The lowest BCUT2D eigenvalue weighted by molar-refractivity contribution is -0.380. The summed E-state index contributed by atoms with van der Waals surface area (Å²) >= 11 is 0. The fourth-order valence-corrected chi connectivity index (χ4v) is 13.1. The average Bonchev–Trinajstić information content (AvgIpc) is 1.73. The van der Waals surface area contributed by atoms with Crippen LogP contribution in [0.4, 0.5) is 0 Å². The first-order valence-corrected chi connectivity index (χ1v) is 32.7. The molecule has 8 heterocycles. The molecule has 8 aliphatic rings. The van der Waals surface area contributed by atoms with Crippen LogP contribution in [0.15, 0.2) is 0 Å². The monoisotopic (exact) mass is 1470 g/mol. The molecule has 49 heteroatoms. The highest BCUT2D eigenvalue weighted by Crippen LogP contribution is 2.49. The number of aliphatic hydroxyl groups is 25. The highest BCUT2D eigenvalue weighted by atomic mass is 31.2. The van der Waals surface area contributed by atoms with Gasteiger partial charge in [-0.25, -0.2) is 9.13 Å². The normalized spacial score (nSPS) is 50.9. The Balaban J connectivity index is 0.981. The molecule has 0 amide bonds. The van der Waals surface area contributed by atoms with Crippen LogP contribution in [0.3, 0.4) is 0 Å². The maximum Gasteiger partial charge on any atom is 0.474 e. The number of hydrogen-bond donors (Lipinski definition) is 28. The SMILES string of the molecule is N[C@@H]1[C@@H](O)[C@H](O[C@H]2O[C@H](CO)[C@@H](O)[C@H](O[C@H]3O[C@H](COP(=O)(O)O[C@H]4O[C@H](CO)[C@@H](O)[C@H](O)[C@H]4O)[C@@H](O)[C@H](O[C@@H]4O[C@@H]([C@H](O)CO)[C@H](O[C@H]5O[C@H](CO[C@H]6O[C@H](COP(=O)(O)O[C@H]7O[C@H](CO)[C@@H](O)[C@H](O)[C@@H]7O)[C@H](O)[C@H](O)[C@H]6O)[C@H](O)[C@H](O)[C@H]5O)[C@H]4O)[C@@H]3O)[C@@H]2O)[C@@H](CO)O[C@@H]1O. The highest BCUT2D eigenvalue weighted by Gasteiger charge is 2.59. The minimum absolute atomic E-state index is 0.953. The summed E-state index contributed by atoms with van der Waals surface area (Å²) in [6.45, 7) is -8.98. The molecule has 0 aliphatic carbocycles. The van der Waals surface area contributed by atoms with Crippen LogP contribution in [0.25, 0.3) is 0 Å². The molecule has 0 aromatic carbocycles. The van der Waals surface area contributed by atoms with Crippen molar-refractivity contribution < 1.29 is 226 Å². The number of nitrogens with two attached hydrogens (primary N) is 1. The number of phosphoric ester groups is 2. The van der Waals surface area contributed by atoms with Crippen LogP contribution in [0, 0.1) is 0 Å². The van der Waals surface area contributed by atoms with E-state index in [1.54, 1.807) is 0 Å². The van der Waals surface area contributed by atoms with E-state index in [1.807, 2.05) is 0 Å². The van der Waals surface area contributed by atoms with Crippen LogP contribution in [-0.4, -0.2) is 436 Å². The molecule has 47 nitrogen and oxygen atoms in total. The van der Waals surface area contributed by atoms with Crippen molar-refractivity contribution in [2.24, 2.45) is 5.73 Å². The van der Waals surface area contributed by atoms with Gasteiger partial charge in [0.05, 0.1) is 58.9 Å². The standard InChI is InChI=1S/C48H85NO46P2/c49-17-24(62)37(13(5-54)82-41(17)74)90-44-33(71)38(22(60)12(4-53)83-44)91-45-34(72)39(23(61)16(88-45)8-81-97(77,78)95-48-32(70)26(64)19(57)11(3-52)85-48)92-46-35(73)40(36(89-46)9(55)1-50)93-43-30(68)28(66)20(58)14(87-43)6-79-42-29(67)27(65)21(59)15(86-42)7-80-96(75,76)94-47-31(69)25(63)18(56)10(2-51)84-47/h9-48,50-74H,1-8,49H2,(H,75,76)(H,77,78)/t9-,10-,11-,12-,13-,14-,15-,16-,17-,18-,19-,20+,21+,22-,23-,24-,25+,26+,27+,28+,29-,30-,31+,32-,33+,34+,35-,36+,37-,38+,39+,40-,41+,42+,43-,44-,45-,46+,47-,48-/m1/s1. The molecule has 0 aromatic rings. The Morgan fingerprint density at radius 1 is 0.330 bits per heavy atom. The maximum atomic E-state index is 13.4. The number of aliphatic hydroxyl groups excluding tert-OH is 25. The molecule has 97 heavy (non-hydrogen) atoms. The summed E-state index contributed by atoms with van der Waals surface area (Å²) in [5.74, 6) is 0. The molecule has 0 saturated carbocycles. The van der Waals surface area contributed by atoms with Crippen molar-refractivity contribution in [3.63, 3.8) is 0 Å². The van der Waals surface area contributed by atoms with Gasteiger partial charge in [-0.2, -0.15) is 0 Å². The molecule has 0 radical (unpaired) electrons. The van der Waals surface area contributed by atoms with Crippen LogP contribution in [0.5, 0.6) is 0 Å². The zero-order chi connectivity index (χ0) is 71.8. The molecule has 568 valence electrons. The third kappa shape index (κ3) is 18.1. The lowest BCUT2D eigenvalue weighted by Crippen LogP contribution is -2.67. The quantitative estimate of drug-likeness (QED) is 0.0340. The Kier molecular flexibility index (Phi) is 28.7. The summed E-state index contributed by atoms with van der Waals surface area (Å²) in [5.41, 5.74) is 5.81. The van der Waals surface area contributed by atoms with Gasteiger partial charge in [-0.1, -0.05) is 0 Å². The van der Waals surface area contributed by atoms with E-state index in [9.17, 15) is 147 Å². The summed E-state index contributed by atoms with van der Waals surface area (Å²) in [5, 5.41) is 267. The third-order valence-electron chi connectivity index (χ3n) is 17.1. The fourth-order valence-electron chi connectivity index (χ4n) is 11.4. The van der Waals surface area contributed by atoms with Crippen LogP contribution in [-0.2, 0) is 88.8 Å². The Labute approximate surface area is 545 Å². The van der Waals surface area contributed by atoms with Gasteiger partial charge in [-0.15, -0.1) is 0 Å². The van der Waals surface area contributed by atoms with Crippen molar-refractivity contribution in [2.45, 2.75) is 246 Å². The molecule has 0 aromatic heterocycles. The van der Waals surface area contributed by atoms with Gasteiger partial charge >= 0.3 is 15.6 Å². The molecular weight excluding hydrogens is 1390 g/mol. The predicted molar refractivity (Wildman–Crippen MR) is 288 cm³/mol. The first-order chi connectivity index (χ1) is 45.5. The van der Waals surface area contributed by atoms with Crippen molar-refractivity contribution in [2.75, 3.05) is 52.9 Å². The number of phosphoric acid groups is 2. The Bertz CT molecular complexity index is 2530. The van der Waals surface area contributed by atoms with Gasteiger partial charge in [0.15, 0.2) is 50.3 Å². The number of hydrogen-bond acceptors (Lipinski definition) is 45. The third-order valence-corrected chi connectivity index (χ3v) is 19.0. The van der Waals surface area contributed by atoms with E-state index < -0.39 is 314 Å². The van der Waals surface area contributed by atoms with Gasteiger partial charge in [-0.3, -0.25) is 18.1 Å². The van der Waals surface area contributed by atoms with Crippen molar-refractivity contribution in [3.8, 4) is 0 Å². The summed E-state index contributed by atoms with van der Waals surface area (Å²) in [7, 11) is -11.1. The zero-order valence-electron chi connectivity index (χ0n) is 50.1. The topological polar surface area (TPSA) is 763 Å². The molecule has 8 saturated heterocycles. The average molecular weight is 1470 g/mol. The minimum Gasteiger partial charge on any atom is -0.394 e. The van der Waals surface area contributed by atoms with Crippen molar-refractivity contribution >= 4 is 15.6 Å². The van der Waals surface area contributed by atoms with Gasteiger partial charge in [0, 0.05) is 0 Å². The van der Waals surface area contributed by atoms with E-state index in [2.05, 4.69) is 0 Å². The zero-order valence-corrected chi connectivity index (χ0v) is 51.8. The lowest BCUT2D eigenvalue weighted by Gasteiger charge is -2.48. The molecular formula is C48H85NO46P2. The summed E-state index contributed by atoms with van der Waals surface area (Å²) in [4.78, 5) is 21.2. The van der Waals surface area contributed by atoms with E-state index >= 15 is 0 Å². The summed E-state index contributed by atoms with van der Waals surface area (Å²) in [6, 6.07) is -1.60. The fraction of sp³-hybridized carbons (Fsp3) is 1.00. The van der Waals surface area contributed by atoms with E-state index in [0.717, 1.165) is 0 Å². The number of ether oxygens (including phenoxy) is 13. The van der Waals surface area contributed by atoms with Crippen LogP contribution in [0.2, 0.25) is 0 Å². The minimum atomic E-state index is -5.69. The molecule has 29 N–H and O–H groups in total. The molecule has 0 bridgehead atoms. The largest absolute Gasteiger partial charge is 0.474 e. The maximum absolute atomic E-state index is 13.4. The second-order valence-electron chi connectivity index (χ2n) is 23.7. The van der Waals surface area contributed by atoms with Gasteiger partial charge < -0.3 is 205 Å². The van der Waals surface area contributed by atoms with E-state index in [1.165, 1.54) is 0 Å². The first kappa shape index (κ1) is 81.3. The second-order valence-corrected chi connectivity index (χ2v) is 26.5. The Morgan fingerprint density at radius 2 is 0.649 bits per heavy atom. The van der Waals surface area contributed by atoms with Crippen molar-refractivity contribution in [1.29, 1.82) is 0 Å². The molecule has 42 atom stereocenters. The van der Waals surface area contributed by atoms with Crippen molar-refractivity contribution in [1.82, 2.24) is 0 Å². The lowest BCUT2D eigenvalue weighted by atomic mass is 9.95. The Morgan fingerprint density at radius 3 is 1.10 bits per heavy atom. The van der Waals surface area contributed by atoms with Crippen LogP contribution in [0.1, 0.15) is 0 Å². The van der Waals surface area contributed by atoms with E-state index in [-0.39, 0.29) is 0 Å². The predicted octanol–water partition coefficient (Wildman–Crippen LogP) is -18.3. The van der Waals surface area contributed by atoms with Gasteiger partial charge in [0.25, 0.3) is 0 Å². The Hall–Kier alpha value is -1.34. The van der Waals surface area contributed by atoms with Crippen molar-refractivity contribution in [3.05, 3.63) is 0 Å². The molecule has 8 rings (SSSR count). The van der Waals surface area contributed by atoms with Gasteiger partial charge in [0.1, 0.15) is 189 Å². The van der Waals surface area contributed by atoms with E-state index in [4.69, 9.17) is 85.4 Å². The van der Waals surface area contributed by atoms with Crippen LogP contribution >= 0.6 is 15.6 Å². The van der Waals surface area contributed by atoms with Gasteiger partial charge in [0.2, 0.25) is 0 Å². The molecule has 8 fully saturated rings. The first-order valence-electron chi connectivity index (χ1n) is 29.7. The number of rotatable bonds is 27. The summed E-state index contributed by atoms with van der Waals surface area (Å²) in [6.07, 6.45) is -83.1. The van der Waals surface area contributed by atoms with Crippen LogP contribution < -0.4 is 5.73 Å². The highest BCUT2D eigenvalue weighted by molar-refractivity contribution is 7.47. The van der Waals surface area contributed by atoms with E-state index in [0.29, 0.717) is 0 Å². The molecule has 2 unspecified atom stereocenters. The molecule has 8 aliphatic heterocycles. The second kappa shape index (κ2) is 34.3. The van der Waals surface area contributed by atoms with Gasteiger partial charge in [-0.05, 0) is 0 Å². The summed E-state index contributed by atoms with van der Waals surface area (Å²) < 4.78 is 118.